The topological polar surface area (TPSA) is 75.4 Å². The van der Waals surface area contributed by atoms with Crippen LogP contribution in [0.15, 0.2) is 48.5 Å². The Morgan fingerprint density at radius 1 is 1.15 bits per heavy atom. The Morgan fingerprint density at radius 3 is 2.42 bits per heavy atom. The van der Waals surface area contributed by atoms with Crippen molar-refractivity contribution in [2.45, 2.75) is 26.2 Å². The first-order chi connectivity index (χ1) is 12.0. The zero-order valence-electron chi connectivity index (χ0n) is 14.9. The van der Waals surface area contributed by atoms with Gasteiger partial charge in [-0.2, -0.15) is 0 Å². The molecule has 1 unspecified atom stereocenters. The van der Waals surface area contributed by atoms with Crippen LogP contribution >= 0.6 is 12.4 Å². The van der Waals surface area contributed by atoms with Crippen molar-refractivity contribution < 1.29 is 9.59 Å². The molecule has 1 fully saturated rings. The van der Waals surface area contributed by atoms with Crippen molar-refractivity contribution in [1.82, 2.24) is 0 Å². The average Bonchev–Trinajstić information content (AvgIpc) is 2.98. The number of nitrogens with one attached hydrogen (secondary N) is 1. The first-order valence-electron chi connectivity index (χ1n) is 8.54. The first-order valence-corrected chi connectivity index (χ1v) is 8.54. The van der Waals surface area contributed by atoms with Crippen molar-refractivity contribution in [2.24, 2.45) is 5.92 Å². The van der Waals surface area contributed by atoms with Crippen LogP contribution in [-0.2, 0) is 9.59 Å². The van der Waals surface area contributed by atoms with E-state index in [2.05, 4.69) is 19.2 Å². The quantitative estimate of drug-likeness (QED) is 0.632. The minimum absolute atomic E-state index is 0. The van der Waals surface area contributed by atoms with Crippen LogP contribution < -0.4 is 16.0 Å². The Labute approximate surface area is 160 Å². The summed E-state index contributed by atoms with van der Waals surface area (Å²) in [6, 6.07) is 15.0. The molecule has 26 heavy (non-hydrogen) atoms. The van der Waals surface area contributed by atoms with Crippen molar-refractivity contribution >= 4 is 41.3 Å². The highest BCUT2D eigenvalue weighted by Crippen LogP contribution is 2.28. The molecule has 2 aromatic rings. The highest BCUT2D eigenvalue weighted by atomic mass is 35.5. The number of benzene rings is 2. The van der Waals surface area contributed by atoms with Crippen LogP contribution in [0.1, 0.15) is 31.7 Å². The molecule has 1 heterocycles. The molecule has 138 valence electrons. The Balaban J connectivity index is 0.00000243. The highest BCUT2D eigenvalue weighted by Gasteiger charge is 2.37. The van der Waals surface area contributed by atoms with Gasteiger partial charge in [0.1, 0.15) is 5.92 Å². The zero-order valence-corrected chi connectivity index (χ0v) is 15.8. The molecule has 0 bridgehead atoms. The van der Waals surface area contributed by atoms with Gasteiger partial charge in [0.2, 0.25) is 11.8 Å². The molecule has 0 saturated carbocycles. The molecule has 3 N–H and O–H groups in total. The maximum atomic E-state index is 12.7. The number of anilines is 3. The second kappa shape index (κ2) is 8.23. The number of para-hydroxylation sites is 2. The van der Waals surface area contributed by atoms with Crippen LogP contribution in [0.2, 0.25) is 0 Å². The van der Waals surface area contributed by atoms with Gasteiger partial charge in [0.05, 0.1) is 11.4 Å². The number of carbonyl (C=O) groups is 2. The maximum Gasteiger partial charge on any atom is 0.239 e. The summed E-state index contributed by atoms with van der Waals surface area (Å²) < 4.78 is 0. The van der Waals surface area contributed by atoms with Crippen molar-refractivity contribution in [3.8, 4) is 0 Å². The maximum absolute atomic E-state index is 12.7. The van der Waals surface area contributed by atoms with Crippen LogP contribution in [0.3, 0.4) is 0 Å². The number of rotatable bonds is 4. The summed E-state index contributed by atoms with van der Waals surface area (Å²) in [5.41, 5.74) is 8.94. The Bertz CT molecular complexity index is 790. The summed E-state index contributed by atoms with van der Waals surface area (Å²) in [4.78, 5) is 26.8. The van der Waals surface area contributed by atoms with Gasteiger partial charge in [-0.05, 0) is 42.2 Å². The van der Waals surface area contributed by atoms with Crippen LogP contribution in [0.4, 0.5) is 17.1 Å². The number of carbonyl (C=O) groups excluding carboxylic acids is 2. The Kier molecular flexibility index (Phi) is 6.27. The van der Waals surface area contributed by atoms with E-state index in [0.717, 1.165) is 5.69 Å². The van der Waals surface area contributed by atoms with Gasteiger partial charge in [-0.3, -0.25) is 9.59 Å². The number of nitrogens with zero attached hydrogens (tertiary/aromatic N) is 1. The second-order valence-electron chi connectivity index (χ2n) is 6.65. The minimum atomic E-state index is -0.676. The summed E-state index contributed by atoms with van der Waals surface area (Å²) >= 11 is 0. The van der Waals surface area contributed by atoms with E-state index in [4.69, 9.17) is 5.73 Å². The van der Waals surface area contributed by atoms with E-state index in [1.165, 1.54) is 5.56 Å². The van der Waals surface area contributed by atoms with E-state index < -0.39 is 5.92 Å². The third kappa shape index (κ3) is 3.99. The largest absolute Gasteiger partial charge is 0.397 e. The lowest BCUT2D eigenvalue weighted by molar-refractivity contribution is -0.129. The Hall–Kier alpha value is -2.53. The monoisotopic (exact) mass is 373 g/mol. The predicted octanol–water partition coefficient (Wildman–Crippen LogP) is 3.81. The van der Waals surface area contributed by atoms with Gasteiger partial charge in [-0.25, -0.2) is 0 Å². The molecule has 0 aliphatic carbocycles. The van der Waals surface area contributed by atoms with Gasteiger partial charge in [0.25, 0.3) is 0 Å². The summed E-state index contributed by atoms with van der Waals surface area (Å²) in [5.74, 6) is -0.698. The van der Waals surface area contributed by atoms with E-state index in [0.29, 0.717) is 30.3 Å². The molecule has 1 atom stereocenters. The molecule has 1 saturated heterocycles. The van der Waals surface area contributed by atoms with Crippen LogP contribution in [0.25, 0.3) is 0 Å². The average molecular weight is 374 g/mol. The van der Waals surface area contributed by atoms with Crippen molar-refractivity contribution in [1.29, 1.82) is 0 Å². The standard InChI is InChI=1S/C20H23N3O2.ClH/c1-13(2)14-7-9-15(10-8-14)23-12-11-16(20(23)25)19(24)22-18-6-4-3-5-17(18)21;/h3-10,13,16H,11-12,21H2,1-2H3,(H,22,24);1H. The van der Waals surface area contributed by atoms with Crippen LogP contribution in [0.5, 0.6) is 0 Å². The van der Waals surface area contributed by atoms with Crippen LogP contribution in [0, 0.1) is 5.92 Å². The number of amides is 2. The molecule has 0 spiro atoms. The molecule has 0 aromatic heterocycles. The molecule has 2 amide bonds. The first kappa shape index (κ1) is 19.8. The third-order valence-corrected chi connectivity index (χ3v) is 4.61. The highest BCUT2D eigenvalue weighted by molar-refractivity contribution is 6.13. The molecule has 0 radical (unpaired) electrons. The molecule has 2 aromatic carbocycles. The van der Waals surface area contributed by atoms with Crippen molar-refractivity contribution in [2.75, 3.05) is 22.5 Å². The van der Waals surface area contributed by atoms with Gasteiger partial charge in [-0.1, -0.05) is 38.1 Å². The fraction of sp³-hybridized carbons (Fsp3) is 0.300. The summed E-state index contributed by atoms with van der Waals surface area (Å²) in [7, 11) is 0. The second-order valence-corrected chi connectivity index (χ2v) is 6.65. The zero-order chi connectivity index (χ0) is 18.0. The smallest absolute Gasteiger partial charge is 0.239 e. The molecule has 1 aliphatic heterocycles. The lowest BCUT2D eigenvalue weighted by Gasteiger charge is -2.18. The van der Waals surface area contributed by atoms with Gasteiger partial charge < -0.3 is 16.0 Å². The van der Waals surface area contributed by atoms with Gasteiger partial charge in [0, 0.05) is 12.2 Å². The van der Waals surface area contributed by atoms with Gasteiger partial charge >= 0.3 is 0 Å². The Morgan fingerprint density at radius 2 is 1.81 bits per heavy atom. The van der Waals surface area contributed by atoms with E-state index in [-0.39, 0.29) is 24.2 Å². The lowest BCUT2D eigenvalue weighted by Crippen LogP contribution is -2.33. The summed E-state index contributed by atoms with van der Waals surface area (Å²) in [6.45, 7) is 4.81. The third-order valence-electron chi connectivity index (χ3n) is 4.61. The van der Waals surface area contributed by atoms with Crippen molar-refractivity contribution in [3.05, 3.63) is 54.1 Å². The number of hydrogen-bond acceptors (Lipinski definition) is 3. The van der Waals surface area contributed by atoms with Gasteiger partial charge in [0.15, 0.2) is 0 Å². The van der Waals surface area contributed by atoms with E-state index in [1.807, 2.05) is 24.3 Å². The molecule has 3 rings (SSSR count). The lowest BCUT2D eigenvalue weighted by atomic mass is 10.0. The van der Waals surface area contributed by atoms with E-state index in [1.54, 1.807) is 29.2 Å². The number of nitrogens with two attached hydrogens (primary N) is 1. The molecule has 6 heteroatoms. The fourth-order valence-corrected chi connectivity index (χ4v) is 3.05. The molecule has 5 nitrogen and oxygen atoms in total. The SMILES string of the molecule is CC(C)c1ccc(N2CCC(C(=O)Nc3ccccc3N)C2=O)cc1.Cl. The van der Waals surface area contributed by atoms with E-state index in [9.17, 15) is 9.59 Å². The number of halogens is 1. The van der Waals surface area contributed by atoms with Crippen LogP contribution in [-0.4, -0.2) is 18.4 Å². The summed E-state index contributed by atoms with van der Waals surface area (Å²) in [6.07, 6.45) is 0.503. The molecular weight excluding hydrogens is 350 g/mol. The predicted molar refractivity (Wildman–Crippen MR) is 108 cm³/mol. The minimum Gasteiger partial charge on any atom is -0.397 e. The van der Waals surface area contributed by atoms with Gasteiger partial charge in [-0.15, -0.1) is 12.4 Å². The molecular formula is C20H24ClN3O2. The van der Waals surface area contributed by atoms with Crippen molar-refractivity contribution in [3.63, 3.8) is 0 Å². The summed E-state index contributed by atoms with van der Waals surface area (Å²) in [5, 5.41) is 2.77. The number of nitrogen functional groups attached to an aromatic ring is 1. The fourth-order valence-electron chi connectivity index (χ4n) is 3.05. The normalized spacial score (nSPS) is 16.5. The number of hydrogen-bond donors (Lipinski definition) is 2. The molecule has 1 aliphatic rings. The van der Waals surface area contributed by atoms with E-state index >= 15 is 0 Å².